The van der Waals surface area contributed by atoms with Crippen molar-refractivity contribution in [3.05, 3.63) is 30.3 Å². The highest BCUT2D eigenvalue weighted by atomic mass is 16.2. The maximum atomic E-state index is 11.7. The van der Waals surface area contributed by atoms with Crippen LogP contribution in [0.5, 0.6) is 0 Å². The Balaban J connectivity index is 2.22. The van der Waals surface area contributed by atoms with Crippen LogP contribution in [0.2, 0.25) is 0 Å². The van der Waals surface area contributed by atoms with Gasteiger partial charge in [0.1, 0.15) is 0 Å². The van der Waals surface area contributed by atoms with Crippen LogP contribution >= 0.6 is 0 Å². The van der Waals surface area contributed by atoms with Gasteiger partial charge in [-0.2, -0.15) is 0 Å². The van der Waals surface area contributed by atoms with Gasteiger partial charge in [0.2, 0.25) is 5.91 Å². The normalized spacial score (nSPS) is 22.5. The van der Waals surface area contributed by atoms with E-state index >= 15 is 0 Å². The number of carbonyl (C=O) groups excluding carboxylic acids is 1. The Morgan fingerprint density at radius 2 is 2.00 bits per heavy atom. The highest BCUT2D eigenvalue weighted by molar-refractivity contribution is 5.97. The minimum absolute atomic E-state index is 0.0439. The summed E-state index contributed by atoms with van der Waals surface area (Å²) in [5, 5.41) is 0. The molecular formula is C11H14N2O. The van der Waals surface area contributed by atoms with Crippen LogP contribution in [-0.2, 0) is 4.79 Å². The summed E-state index contributed by atoms with van der Waals surface area (Å²) in [4.78, 5) is 13.5. The molecule has 1 amide bonds. The van der Waals surface area contributed by atoms with Gasteiger partial charge in [-0.05, 0) is 25.0 Å². The summed E-state index contributed by atoms with van der Waals surface area (Å²) in [6.45, 7) is 0.788. The van der Waals surface area contributed by atoms with Gasteiger partial charge in [-0.1, -0.05) is 18.2 Å². The maximum Gasteiger partial charge on any atom is 0.243 e. The lowest BCUT2D eigenvalue weighted by atomic mass is 10.1. The first-order chi connectivity index (χ1) is 6.79. The monoisotopic (exact) mass is 190 g/mol. The minimum atomic E-state index is -0.316. The third-order valence-corrected chi connectivity index (χ3v) is 2.55. The molecule has 14 heavy (non-hydrogen) atoms. The van der Waals surface area contributed by atoms with E-state index in [2.05, 4.69) is 0 Å². The van der Waals surface area contributed by atoms with Gasteiger partial charge in [-0.15, -0.1) is 0 Å². The minimum Gasteiger partial charge on any atom is -0.320 e. The quantitative estimate of drug-likeness (QED) is 0.721. The third kappa shape index (κ3) is 1.63. The van der Waals surface area contributed by atoms with Crippen molar-refractivity contribution in [2.45, 2.75) is 18.9 Å². The number of nitrogens with zero attached hydrogens (tertiary/aromatic N) is 1. The van der Waals surface area contributed by atoms with Crippen molar-refractivity contribution in [2.75, 3.05) is 11.4 Å². The number of anilines is 1. The van der Waals surface area contributed by atoms with Crippen LogP contribution in [0.1, 0.15) is 12.8 Å². The second-order valence-corrected chi connectivity index (χ2v) is 3.57. The molecule has 1 aromatic rings. The van der Waals surface area contributed by atoms with Crippen molar-refractivity contribution in [2.24, 2.45) is 5.73 Å². The fraction of sp³-hybridized carbons (Fsp3) is 0.364. The van der Waals surface area contributed by atoms with Crippen LogP contribution in [0, 0.1) is 0 Å². The molecule has 1 aliphatic heterocycles. The first kappa shape index (κ1) is 9.21. The smallest absolute Gasteiger partial charge is 0.243 e. The van der Waals surface area contributed by atoms with Crippen LogP contribution in [0.4, 0.5) is 5.69 Å². The summed E-state index contributed by atoms with van der Waals surface area (Å²) >= 11 is 0. The number of benzene rings is 1. The van der Waals surface area contributed by atoms with E-state index in [-0.39, 0.29) is 11.9 Å². The molecule has 0 spiro atoms. The molecule has 0 aromatic heterocycles. The largest absolute Gasteiger partial charge is 0.320 e. The molecule has 1 saturated heterocycles. The van der Waals surface area contributed by atoms with Gasteiger partial charge >= 0.3 is 0 Å². The zero-order valence-corrected chi connectivity index (χ0v) is 8.02. The highest BCUT2D eigenvalue weighted by Crippen LogP contribution is 2.19. The Morgan fingerprint density at radius 1 is 1.29 bits per heavy atom. The molecule has 1 heterocycles. The Kier molecular flexibility index (Phi) is 2.50. The molecule has 0 aliphatic carbocycles. The Bertz CT molecular complexity index is 323. The third-order valence-electron chi connectivity index (χ3n) is 2.55. The van der Waals surface area contributed by atoms with Gasteiger partial charge < -0.3 is 10.6 Å². The number of para-hydroxylation sites is 1. The van der Waals surface area contributed by atoms with Crippen molar-refractivity contribution >= 4 is 11.6 Å². The van der Waals surface area contributed by atoms with Crippen LogP contribution in [0.15, 0.2) is 30.3 Å². The Labute approximate surface area is 83.5 Å². The van der Waals surface area contributed by atoms with E-state index in [0.29, 0.717) is 0 Å². The van der Waals surface area contributed by atoms with E-state index in [1.54, 1.807) is 4.90 Å². The molecule has 3 heteroatoms. The lowest BCUT2D eigenvalue weighted by molar-refractivity contribution is -0.120. The van der Waals surface area contributed by atoms with Gasteiger partial charge in [0.25, 0.3) is 0 Å². The van der Waals surface area contributed by atoms with Gasteiger partial charge in [-0.25, -0.2) is 0 Å². The summed E-state index contributed by atoms with van der Waals surface area (Å²) < 4.78 is 0. The molecule has 74 valence electrons. The molecule has 1 aromatic carbocycles. The van der Waals surface area contributed by atoms with Gasteiger partial charge in [0, 0.05) is 12.2 Å². The van der Waals surface area contributed by atoms with E-state index in [0.717, 1.165) is 25.1 Å². The van der Waals surface area contributed by atoms with Crippen molar-refractivity contribution in [3.8, 4) is 0 Å². The second kappa shape index (κ2) is 3.80. The number of piperidine rings is 1. The summed E-state index contributed by atoms with van der Waals surface area (Å²) in [5.74, 6) is 0.0439. The predicted molar refractivity (Wildman–Crippen MR) is 56.0 cm³/mol. The summed E-state index contributed by atoms with van der Waals surface area (Å²) in [6, 6.07) is 9.37. The molecule has 0 saturated carbocycles. The number of rotatable bonds is 1. The highest BCUT2D eigenvalue weighted by Gasteiger charge is 2.26. The maximum absolute atomic E-state index is 11.7. The van der Waals surface area contributed by atoms with E-state index in [1.165, 1.54) is 0 Å². The first-order valence-electron chi connectivity index (χ1n) is 4.91. The average Bonchev–Trinajstić information content (AvgIpc) is 2.23. The van der Waals surface area contributed by atoms with Gasteiger partial charge in [0.15, 0.2) is 0 Å². The summed E-state index contributed by atoms with van der Waals surface area (Å²) in [7, 11) is 0. The van der Waals surface area contributed by atoms with Crippen LogP contribution in [0.3, 0.4) is 0 Å². The predicted octanol–water partition coefficient (Wildman–Crippen LogP) is 1.14. The van der Waals surface area contributed by atoms with Crippen molar-refractivity contribution in [3.63, 3.8) is 0 Å². The molecule has 2 rings (SSSR count). The van der Waals surface area contributed by atoms with Gasteiger partial charge in [-0.3, -0.25) is 4.79 Å². The fourth-order valence-electron chi connectivity index (χ4n) is 1.77. The fourth-order valence-corrected chi connectivity index (χ4v) is 1.77. The Morgan fingerprint density at radius 3 is 2.71 bits per heavy atom. The SMILES string of the molecule is N[C@H]1CCCN(c2ccccc2)C1=O. The Hall–Kier alpha value is -1.35. The molecule has 0 bridgehead atoms. The van der Waals surface area contributed by atoms with Gasteiger partial charge in [0.05, 0.1) is 6.04 Å². The molecule has 0 radical (unpaired) electrons. The van der Waals surface area contributed by atoms with E-state index < -0.39 is 0 Å². The molecule has 1 atom stereocenters. The van der Waals surface area contributed by atoms with Crippen molar-refractivity contribution in [1.29, 1.82) is 0 Å². The number of hydrogen-bond donors (Lipinski definition) is 1. The van der Waals surface area contributed by atoms with E-state index in [9.17, 15) is 4.79 Å². The van der Waals surface area contributed by atoms with Crippen molar-refractivity contribution in [1.82, 2.24) is 0 Å². The molecule has 2 N–H and O–H groups in total. The average molecular weight is 190 g/mol. The molecule has 0 unspecified atom stereocenters. The van der Waals surface area contributed by atoms with Crippen LogP contribution in [0.25, 0.3) is 0 Å². The van der Waals surface area contributed by atoms with E-state index in [1.807, 2.05) is 30.3 Å². The van der Waals surface area contributed by atoms with E-state index in [4.69, 9.17) is 5.73 Å². The second-order valence-electron chi connectivity index (χ2n) is 3.57. The summed E-state index contributed by atoms with van der Waals surface area (Å²) in [5.41, 5.74) is 6.67. The number of hydrogen-bond acceptors (Lipinski definition) is 2. The first-order valence-corrected chi connectivity index (χ1v) is 4.91. The standard InChI is InChI=1S/C11H14N2O/c12-10-7-4-8-13(11(10)14)9-5-2-1-3-6-9/h1-3,5-6,10H,4,7-8,12H2/t10-/m0/s1. The van der Waals surface area contributed by atoms with Crippen LogP contribution in [-0.4, -0.2) is 18.5 Å². The van der Waals surface area contributed by atoms with Crippen LogP contribution < -0.4 is 10.6 Å². The molecule has 1 fully saturated rings. The topological polar surface area (TPSA) is 46.3 Å². The molecular weight excluding hydrogens is 176 g/mol. The van der Waals surface area contributed by atoms with Crippen molar-refractivity contribution < 1.29 is 4.79 Å². The summed E-state index contributed by atoms with van der Waals surface area (Å²) in [6.07, 6.45) is 1.80. The zero-order chi connectivity index (χ0) is 9.97. The molecule has 1 aliphatic rings. The number of nitrogens with two attached hydrogens (primary N) is 1. The molecule has 3 nitrogen and oxygen atoms in total. The number of amides is 1. The lowest BCUT2D eigenvalue weighted by Crippen LogP contribution is -2.48. The zero-order valence-electron chi connectivity index (χ0n) is 8.02. The lowest BCUT2D eigenvalue weighted by Gasteiger charge is -2.30. The number of carbonyl (C=O) groups is 1.